The normalized spacial score (nSPS) is 11.6. The SMILES string of the molecule is c1ccc(-c2ccc3ccc4ccc(-c5ccc(-c6ccc(-c7cc8ccccc8c8ccccc78)c7ccccc67)cc5)nc4c3n2)cc1. The molecule has 0 saturated carbocycles. The lowest BCUT2D eigenvalue weighted by atomic mass is 9.88. The zero-order valence-electron chi connectivity index (χ0n) is 27.2. The van der Waals surface area contributed by atoms with Crippen molar-refractivity contribution in [3.8, 4) is 44.8 Å². The molecule has 10 rings (SSSR count). The van der Waals surface area contributed by atoms with E-state index in [2.05, 4.69) is 164 Å². The van der Waals surface area contributed by atoms with Crippen molar-refractivity contribution in [3.63, 3.8) is 0 Å². The molecule has 232 valence electrons. The molecule has 0 saturated heterocycles. The third-order valence-corrected chi connectivity index (χ3v) is 10.1. The highest BCUT2D eigenvalue weighted by Crippen LogP contribution is 2.41. The molecule has 2 nitrogen and oxygen atoms in total. The molecule has 8 aromatic carbocycles. The first-order valence-corrected chi connectivity index (χ1v) is 17.1. The molecule has 0 aliphatic rings. The summed E-state index contributed by atoms with van der Waals surface area (Å²) in [7, 11) is 0. The Labute approximate surface area is 290 Å². The number of aromatic nitrogens is 2. The van der Waals surface area contributed by atoms with Crippen LogP contribution in [0.15, 0.2) is 182 Å². The predicted octanol–water partition coefficient (Wildman–Crippen LogP) is 12.9. The van der Waals surface area contributed by atoms with Gasteiger partial charge >= 0.3 is 0 Å². The van der Waals surface area contributed by atoms with Gasteiger partial charge in [-0.15, -0.1) is 0 Å². The van der Waals surface area contributed by atoms with Crippen molar-refractivity contribution in [1.82, 2.24) is 9.97 Å². The Kier molecular flexibility index (Phi) is 6.53. The van der Waals surface area contributed by atoms with Gasteiger partial charge in [0.2, 0.25) is 0 Å². The number of hydrogen-bond donors (Lipinski definition) is 0. The summed E-state index contributed by atoms with van der Waals surface area (Å²) in [4.78, 5) is 10.3. The minimum absolute atomic E-state index is 0.921. The maximum atomic E-state index is 5.19. The first-order valence-electron chi connectivity index (χ1n) is 17.1. The third kappa shape index (κ3) is 4.65. The van der Waals surface area contributed by atoms with Crippen LogP contribution < -0.4 is 0 Å². The van der Waals surface area contributed by atoms with E-state index in [1.165, 1.54) is 54.6 Å². The van der Waals surface area contributed by atoms with Gasteiger partial charge in [-0.25, -0.2) is 9.97 Å². The fraction of sp³-hybridized carbons (Fsp3) is 0. The van der Waals surface area contributed by atoms with Gasteiger partial charge in [0.15, 0.2) is 0 Å². The zero-order chi connectivity index (χ0) is 33.0. The Hall–Kier alpha value is -6.64. The minimum atomic E-state index is 0.921. The van der Waals surface area contributed by atoms with Gasteiger partial charge in [0.05, 0.1) is 22.4 Å². The summed E-state index contributed by atoms with van der Waals surface area (Å²) in [5, 5.41) is 9.77. The van der Waals surface area contributed by atoms with Gasteiger partial charge in [-0.05, 0) is 72.8 Å². The van der Waals surface area contributed by atoms with Gasteiger partial charge in [-0.3, -0.25) is 0 Å². The summed E-state index contributed by atoms with van der Waals surface area (Å²) in [6, 6.07) is 65.1. The summed E-state index contributed by atoms with van der Waals surface area (Å²) in [6.07, 6.45) is 0. The fourth-order valence-electron chi connectivity index (χ4n) is 7.58. The first kappa shape index (κ1) is 28.4. The highest BCUT2D eigenvalue weighted by Gasteiger charge is 2.14. The van der Waals surface area contributed by atoms with Gasteiger partial charge in [-0.2, -0.15) is 0 Å². The van der Waals surface area contributed by atoms with E-state index in [0.717, 1.165) is 44.3 Å². The highest BCUT2D eigenvalue weighted by molar-refractivity contribution is 6.17. The van der Waals surface area contributed by atoms with Gasteiger partial charge < -0.3 is 0 Å². The van der Waals surface area contributed by atoms with Gasteiger partial charge in [0.25, 0.3) is 0 Å². The quantitative estimate of drug-likeness (QED) is 0.180. The van der Waals surface area contributed by atoms with Crippen LogP contribution in [0.3, 0.4) is 0 Å². The van der Waals surface area contributed by atoms with E-state index < -0.39 is 0 Å². The van der Waals surface area contributed by atoms with Crippen molar-refractivity contribution in [2.75, 3.05) is 0 Å². The molecule has 0 aliphatic heterocycles. The lowest BCUT2D eigenvalue weighted by molar-refractivity contribution is 1.36. The second kappa shape index (κ2) is 11.5. The van der Waals surface area contributed by atoms with E-state index in [-0.39, 0.29) is 0 Å². The molecule has 0 bridgehead atoms. The maximum Gasteiger partial charge on any atom is 0.0972 e. The van der Waals surface area contributed by atoms with Crippen LogP contribution in [-0.4, -0.2) is 9.97 Å². The van der Waals surface area contributed by atoms with E-state index in [1.807, 2.05) is 18.2 Å². The summed E-state index contributed by atoms with van der Waals surface area (Å²) in [5.41, 5.74) is 10.8. The van der Waals surface area contributed by atoms with Crippen LogP contribution in [0.1, 0.15) is 0 Å². The molecule has 2 heterocycles. The number of pyridine rings is 2. The van der Waals surface area contributed by atoms with Crippen LogP contribution in [0, 0.1) is 0 Å². The number of hydrogen-bond acceptors (Lipinski definition) is 2. The Morgan fingerprint density at radius 2 is 0.720 bits per heavy atom. The smallest absolute Gasteiger partial charge is 0.0972 e. The summed E-state index contributed by atoms with van der Waals surface area (Å²) >= 11 is 0. The molecular weight excluding hydrogens is 605 g/mol. The molecule has 0 fully saturated rings. The third-order valence-electron chi connectivity index (χ3n) is 10.1. The Balaban J connectivity index is 1.06. The van der Waals surface area contributed by atoms with Crippen LogP contribution >= 0.6 is 0 Å². The monoisotopic (exact) mass is 634 g/mol. The van der Waals surface area contributed by atoms with Crippen LogP contribution in [-0.2, 0) is 0 Å². The standard InChI is InChI=1S/C48H30N2/c1-2-10-32(11-3-1)45-28-24-34-22-23-35-25-29-46(50-48(35)47(34)49-45)33-20-18-31(19-21-33)38-26-27-43(41-16-8-6-15-40(38)41)44-30-36-12-4-5-13-37(36)39-14-7-9-17-42(39)44/h1-30H. The van der Waals surface area contributed by atoms with Crippen molar-refractivity contribution in [3.05, 3.63) is 182 Å². The minimum Gasteiger partial charge on any atom is -0.245 e. The molecule has 50 heavy (non-hydrogen) atoms. The first-order chi connectivity index (χ1) is 24.8. The van der Waals surface area contributed by atoms with E-state index in [1.54, 1.807) is 0 Å². The molecule has 0 spiro atoms. The molecule has 10 aromatic rings. The van der Waals surface area contributed by atoms with E-state index in [0.29, 0.717) is 0 Å². The lowest BCUT2D eigenvalue weighted by Crippen LogP contribution is -1.91. The van der Waals surface area contributed by atoms with Crippen molar-refractivity contribution >= 4 is 54.1 Å². The summed E-state index contributed by atoms with van der Waals surface area (Å²) in [5.74, 6) is 0. The predicted molar refractivity (Wildman–Crippen MR) is 211 cm³/mol. The lowest BCUT2D eigenvalue weighted by Gasteiger charge is -2.16. The molecular formula is C48H30N2. The zero-order valence-corrected chi connectivity index (χ0v) is 27.2. The molecule has 2 heteroatoms. The largest absolute Gasteiger partial charge is 0.245 e. The van der Waals surface area contributed by atoms with Crippen molar-refractivity contribution in [1.29, 1.82) is 0 Å². The number of fused-ring (bicyclic) bond motifs is 7. The van der Waals surface area contributed by atoms with Crippen molar-refractivity contribution in [2.24, 2.45) is 0 Å². The van der Waals surface area contributed by atoms with Crippen LogP contribution in [0.5, 0.6) is 0 Å². The van der Waals surface area contributed by atoms with E-state index in [4.69, 9.17) is 9.97 Å². The molecule has 0 atom stereocenters. The molecule has 0 aliphatic carbocycles. The van der Waals surface area contributed by atoms with Gasteiger partial charge in [0, 0.05) is 21.9 Å². The van der Waals surface area contributed by atoms with E-state index in [9.17, 15) is 0 Å². The molecule has 0 radical (unpaired) electrons. The van der Waals surface area contributed by atoms with Gasteiger partial charge in [0.1, 0.15) is 0 Å². The second-order valence-corrected chi connectivity index (χ2v) is 12.9. The Bertz CT molecular complexity index is 2910. The molecule has 0 N–H and O–H groups in total. The summed E-state index contributed by atoms with van der Waals surface area (Å²) in [6.45, 7) is 0. The highest BCUT2D eigenvalue weighted by atomic mass is 14.8. The van der Waals surface area contributed by atoms with Crippen LogP contribution in [0.25, 0.3) is 98.9 Å². The number of nitrogens with zero attached hydrogens (tertiary/aromatic N) is 2. The average molecular weight is 635 g/mol. The Morgan fingerprint density at radius 3 is 1.38 bits per heavy atom. The number of benzene rings is 8. The van der Waals surface area contributed by atoms with Crippen LogP contribution in [0.2, 0.25) is 0 Å². The maximum absolute atomic E-state index is 5.19. The summed E-state index contributed by atoms with van der Waals surface area (Å²) < 4.78 is 0. The number of rotatable bonds is 4. The topological polar surface area (TPSA) is 25.8 Å². The molecule has 0 amide bonds. The Morgan fingerprint density at radius 1 is 0.260 bits per heavy atom. The van der Waals surface area contributed by atoms with Crippen molar-refractivity contribution < 1.29 is 0 Å². The van der Waals surface area contributed by atoms with Crippen molar-refractivity contribution in [2.45, 2.75) is 0 Å². The van der Waals surface area contributed by atoms with Gasteiger partial charge in [-0.1, -0.05) is 164 Å². The second-order valence-electron chi connectivity index (χ2n) is 12.9. The van der Waals surface area contributed by atoms with E-state index >= 15 is 0 Å². The molecule has 0 unspecified atom stereocenters. The van der Waals surface area contributed by atoms with Crippen LogP contribution in [0.4, 0.5) is 0 Å². The fourth-order valence-corrected chi connectivity index (χ4v) is 7.58. The molecule has 2 aromatic heterocycles. The average Bonchev–Trinajstić information content (AvgIpc) is 3.20.